The molecule has 2 aliphatic heterocycles. The average Bonchev–Trinajstić information content (AvgIpc) is 3.07. The van der Waals surface area contributed by atoms with Crippen LogP contribution in [0.5, 0.6) is 11.5 Å². The monoisotopic (exact) mass is 325 g/mol. The quantitative estimate of drug-likeness (QED) is 0.941. The number of hydrogen-bond acceptors (Lipinski definition) is 4. The molecule has 5 heteroatoms. The van der Waals surface area contributed by atoms with Crippen LogP contribution in [0.15, 0.2) is 42.5 Å². The molecule has 5 nitrogen and oxygen atoms in total. The van der Waals surface area contributed by atoms with Crippen LogP contribution in [0, 0.1) is 0 Å². The molecule has 2 heterocycles. The number of carbonyl (C=O) groups excluding carboxylic acids is 1. The molecule has 1 atom stereocenters. The molecule has 0 radical (unpaired) electrons. The lowest BCUT2D eigenvalue weighted by Gasteiger charge is -2.32. The second-order valence-corrected chi connectivity index (χ2v) is 6.18. The van der Waals surface area contributed by atoms with Crippen molar-refractivity contribution >= 4 is 5.91 Å². The highest BCUT2D eigenvalue weighted by atomic mass is 16.7. The van der Waals surface area contributed by atoms with Crippen LogP contribution in [0.2, 0.25) is 0 Å². The van der Waals surface area contributed by atoms with Crippen LogP contribution in [0.4, 0.5) is 0 Å². The Morgan fingerprint density at radius 1 is 1.17 bits per heavy atom. The molecule has 0 fully saturated rings. The van der Waals surface area contributed by atoms with Crippen LogP contribution in [0.1, 0.15) is 29.2 Å². The summed E-state index contributed by atoms with van der Waals surface area (Å²) in [6, 6.07) is 13.5. The summed E-state index contributed by atoms with van der Waals surface area (Å²) in [5.41, 5.74) is 3.00. The van der Waals surface area contributed by atoms with E-state index in [4.69, 9.17) is 9.47 Å². The number of hydrogen-bond donors (Lipinski definition) is 1. The maximum Gasteiger partial charge on any atom is 0.231 e. The molecular weight excluding hydrogens is 306 g/mol. The topological polar surface area (TPSA) is 59.0 Å². The van der Waals surface area contributed by atoms with Gasteiger partial charge in [0.1, 0.15) is 0 Å². The number of fused-ring (bicyclic) bond motifs is 2. The third-order valence-electron chi connectivity index (χ3n) is 4.59. The number of ether oxygens (including phenoxy) is 2. The summed E-state index contributed by atoms with van der Waals surface area (Å²) >= 11 is 0. The number of aliphatic hydroxyl groups excluding tert-OH is 1. The summed E-state index contributed by atoms with van der Waals surface area (Å²) in [5.74, 6) is 1.55. The van der Waals surface area contributed by atoms with Gasteiger partial charge >= 0.3 is 0 Å². The SMILES string of the molecule is O=C(CCc1ccc2c(c1)OCO2)N1Cc2ccccc2C(O)C1. The van der Waals surface area contributed by atoms with Crippen molar-refractivity contribution in [3.8, 4) is 11.5 Å². The van der Waals surface area contributed by atoms with Crippen LogP contribution >= 0.6 is 0 Å². The van der Waals surface area contributed by atoms with Crippen LogP contribution in [0.3, 0.4) is 0 Å². The number of carbonyl (C=O) groups is 1. The molecule has 0 spiro atoms. The summed E-state index contributed by atoms with van der Waals surface area (Å²) < 4.78 is 10.7. The lowest BCUT2D eigenvalue weighted by atomic mass is 9.97. The Hall–Kier alpha value is -2.53. The zero-order valence-corrected chi connectivity index (χ0v) is 13.3. The molecule has 24 heavy (non-hydrogen) atoms. The van der Waals surface area contributed by atoms with Crippen LogP contribution in [-0.4, -0.2) is 29.3 Å². The van der Waals surface area contributed by atoms with Crippen LogP contribution < -0.4 is 9.47 Å². The minimum absolute atomic E-state index is 0.0567. The first-order valence-electron chi connectivity index (χ1n) is 8.13. The number of rotatable bonds is 3. The summed E-state index contributed by atoms with van der Waals surface area (Å²) in [4.78, 5) is 14.3. The third kappa shape index (κ3) is 2.83. The minimum atomic E-state index is -0.607. The maximum absolute atomic E-state index is 12.5. The Morgan fingerprint density at radius 3 is 2.92 bits per heavy atom. The van der Waals surface area contributed by atoms with Gasteiger partial charge in [0.25, 0.3) is 0 Å². The van der Waals surface area contributed by atoms with Crippen molar-refractivity contribution in [2.45, 2.75) is 25.5 Å². The molecule has 0 aromatic heterocycles. The molecule has 1 unspecified atom stereocenters. The highest BCUT2D eigenvalue weighted by molar-refractivity contribution is 5.77. The van der Waals surface area contributed by atoms with Gasteiger partial charge in [-0.2, -0.15) is 0 Å². The Balaban J connectivity index is 1.40. The van der Waals surface area contributed by atoms with E-state index in [1.54, 1.807) is 4.90 Å². The fourth-order valence-corrected chi connectivity index (χ4v) is 3.28. The number of nitrogens with zero attached hydrogens (tertiary/aromatic N) is 1. The predicted octanol–water partition coefficient (Wildman–Crippen LogP) is 2.42. The number of aryl methyl sites for hydroxylation is 1. The van der Waals surface area contributed by atoms with Crippen molar-refractivity contribution in [3.05, 3.63) is 59.2 Å². The predicted molar refractivity (Wildman–Crippen MR) is 87.7 cm³/mol. The second kappa shape index (κ2) is 6.17. The van der Waals surface area contributed by atoms with Crippen molar-refractivity contribution in [1.82, 2.24) is 4.90 Å². The Labute approximate surface area is 140 Å². The van der Waals surface area contributed by atoms with Gasteiger partial charge in [0.05, 0.1) is 12.6 Å². The van der Waals surface area contributed by atoms with Gasteiger partial charge in [-0.25, -0.2) is 0 Å². The van der Waals surface area contributed by atoms with Crippen molar-refractivity contribution in [3.63, 3.8) is 0 Å². The third-order valence-corrected chi connectivity index (χ3v) is 4.59. The number of aliphatic hydroxyl groups is 1. The van der Waals surface area contributed by atoms with Gasteiger partial charge in [0, 0.05) is 13.0 Å². The molecule has 0 bridgehead atoms. The van der Waals surface area contributed by atoms with E-state index in [1.807, 2.05) is 42.5 Å². The molecule has 0 saturated heterocycles. The smallest absolute Gasteiger partial charge is 0.231 e. The fourth-order valence-electron chi connectivity index (χ4n) is 3.28. The lowest BCUT2D eigenvalue weighted by molar-refractivity contribution is -0.134. The number of benzene rings is 2. The standard InChI is InChI=1S/C19H19NO4/c21-16-11-20(10-14-3-1-2-4-15(14)16)19(22)8-6-13-5-7-17-18(9-13)24-12-23-17/h1-5,7,9,16,21H,6,8,10-12H2. The van der Waals surface area contributed by atoms with Gasteiger partial charge < -0.3 is 19.5 Å². The van der Waals surface area contributed by atoms with Gasteiger partial charge in [0.2, 0.25) is 12.7 Å². The van der Waals surface area contributed by atoms with Crippen molar-refractivity contribution in [1.29, 1.82) is 0 Å². The summed E-state index contributed by atoms with van der Waals surface area (Å²) in [6.07, 6.45) is 0.447. The first-order chi connectivity index (χ1) is 11.7. The van der Waals surface area contributed by atoms with E-state index in [2.05, 4.69) is 0 Å². The molecule has 2 aromatic rings. The Morgan fingerprint density at radius 2 is 2.00 bits per heavy atom. The van der Waals surface area contributed by atoms with Gasteiger partial charge in [-0.3, -0.25) is 4.79 Å². The minimum Gasteiger partial charge on any atom is -0.454 e. The van der Waals surface area contributed by atoms with E-state index in [0.717, 1.165) is 28.2 Å². The second-order valence-electron chi connectivity index (χ2n) is 6.18. The zero-order chi connectivity index (χ0) is 16.5. The Bertz CT molecular complexity index is 774. The van der Waals surface area contributed by atoms with Crippen molar-refractivity contribution in [2.75, 3.05) is 13.3 Å². The van der Waals surface area contributed by atoms with Crippen molar-refractivity contribution < 1.29 is 19.4 Å². The molecule has 2 aliphatic rings. The average molecular weight is 325 g/mol. The highest BCUT2D eigenvalue weighted by Crippen LogP contribution is 2.33. The first kappa shape index (κ1) is 15.0. The number of amides is 1. The summed E-state index contributed by atoms with van der Waals surface area (Å²) in [6.45, 7) is 1.17. The van der Waals surface area contributed by atoms with Gasteiger partial charge in [0.15, 0.2) is 11.5 Å². The normalized spacial score (nSPS) is 18.4. The Kier molecular flexibility index (Phi) is 3.86. The van der Waals surface area contributed by atoms with Gasteiger partial charge in [-0.15, -0.1) is 0 Å². The van der Waals surface area contributed by atoms with E-state index in [0.29, 0.717) is 25.9 Å². The molecule has 2 aromatic carbocycles. The lowest BCUT2D eigenvalue weighted by Crippen LogP contribution is -2.38. The molecule has 4 rings (SSSR count). The fraction of sp³-hybridized carbons (Fsp3) is 0.316. The van der Waals surface area contributed by atoms with Crippen LogP contribution in [0.25, 0.3) is 0 Å². The first-order valence-corrected chi connectivity index (χ1v) is 8.13. The van der Waals surface area contributed by atoms with Gasteiger partial charge in [-0.1, -0.05) is 30.3 Å². The summed E-state index contributed by atoms with van der Waals surface area (Å²) in [5, 5.41) is 10.2. The highest BCUT2D eigenvalue weighted by Gasteiger charge is 2.26. The number of β-amino-alcohol motifs (C(OH)–C–C–N with tert-alkyl or cyclic N) is 1. The molecule has 1 amide bonds. The molecular formula is C19H19NO4. The van der Waals surface area contributed by atoms with E-state index in [9.17, 15) is 9.90 Å². The van der Waals surface area contributed by atoms with E-state index >= 15 is 0 Å². The van der Waals surface area contributed by atoms with E-state index in [1.165, 1.54) is 0 Å². The molecule has 1 N–H and O–H groups in total. The summed E-state index contributed by atoms with van der Waals surface area (Å²) in [7, 11) is 0. The largest absolute Gasteiger partial charge is 0.454 e. The van der Waals surface area contributed by atoms with Crippen molar-refractivity contribution in [2.24, 2.45) is 0 Å². The van der Waals surface area contributed by atoms with Gasteiger partial charge in [-0.05, 0) is 35.2 Å². The molecule has 0 aliphatic carbocycles. The van der Waals surface area contributed by atoms with E-state index < -0.39 is 6.10 Å². The zero-order valence-electron chi connectivity index (χ0n) is 13.3. The molecule has 0 saturated carbocycles. The van der Waals surface area contributed by atoms with Crippen LogP contribution in [-0.2, 0) is 17.8 Å². The molecule has 124 valence electrons. The maximum atomic E-state index is 12.5. The van der Waals surface area contributed by atoms with E-state index in [-0.39, 0.29) is 12.7 Å².